The zero-order chi connectivity index (χ0) is 19.8. The molecule has 0 spiro atoms. The van der Waals surface area contributed by atoms with Crippen molar-refractivity contribution >= 4 is 52.9 Å². The molecule has 2 aromatic rings. The summed E-state index contributed by atoms with van der Waals surface area (Å²) in [4.78, 5) is 5.99. The summed E-state index contributed by atoms with van der Waals surface area (Å²) in [6.07, 6.45) is 1.81. The maximum atomic E-state index is 6.33. The number of benzene rings is 1. The highest BCUT2D eigenvalue weighted by Crippen LogP contribution is 2.40. The van der Waals surface area contributed by atoms with E-state index in [9.17, 15) is 0 Å². The van der Waals surface area contributed by atoms with E-state index in [1.165, 1.54) is 4.88 Å². The molecular formula is C21H29ClIN3O2S. The standard InChI is InChI=1S/C21H28ClN3O2S.HI/c1-3-23-20(24-14-17-5-4-12-28-17)25-15-21(8-10-27-11-9-21)18-13-16(22)6-7-19(18)26-2;/h4-7,12-13H,3,8-11,14-15H2,1-2H3,(H2,23,24,25);1H. The van der Waals surface area contributed by atoms with Crippen LogP contribution in [-0.4, -0.2) is 39.4 Å². The normalized spacial score (nSPS) is 16.0. The van der Waals surface area contributed by atoms with Gasteiger partial charge in [-0.1, -0.05) is 17.7 Å². The number of nitrogens with zero attached hydrogens (tertiary/aromatic N) is 1. The van der Waals surface area contributed by atoms with Crippen LogP contribution in [0.5, 0.6) is 5.75 Å². The van der Waals surface area contributed by atoms with Gasteiger partial charge in [-0.05, 0) is 49.4 Å². The van der Waals surface area contributed by atoms with E-state index in [0.717, 1.165) is 61.4 Å². The first kappa shape index (κ1) is 24.2. The molecule has 5 nitrogen and oxygen atoms in total. The minimum atomic E-state index is -0.117. The van der Waals surface area contributed by atoms with E-state index in [0.29, 0.717) is 6.54 Å². The number of methoxy groups -OCH3 is 1. The Morgan fingerprint density at radius 3 is 2.72 bits per heavy atom. The molecule has 2 N–H and O–H groups in total. The number of aliphatic imine (C=N–C) groups is 1. The van der Waals surface area contributed by atoms with Crippen molar-refractivity contribution in [3.8, 4) is 5.75 Å². The van der Waals surface area contributed by atoms with Crippen LogP contribution in [0.15, 0.2) is 40.7 Å². The van der Waals surface area contributed by atoms with E-state index >= 15 is 0 Å². The molecule has 0 amide bonds. The lowest BCUT2D eigenvalue weighted by Crippen LogP contribution is -2.48. The van der Waals surface area contributed by atoms with Gasteiger partial charge in [0.05, 0.1) is 13.7 Å². The lowest BCUT2D eigenvalue weighted by molar-refractivity contribution is 0.0505. The van der Waals surface area contributed by atoms with Crippen molar-refractivity contribution in [3.05, 3.63) is 51.2 Å². The zero-order valence-corrected chi connectivity index (χ0v) is 20.8. The van der Waals surface area contributed by atoms with E-state index in [2.05, 4.69) is 35.1 Å². The number of rotatable bonds is 7. The van der Waals surface area contributed by atoms with Crippen molar-refractivity contribution in [1.82, 2.24) is 10.6 Å². The second-order valence-electron chi connectivity index (χ2n) is 6.87. The fourth-order valence-corrected chi connectivity index (χ4v) is 4.35. The fourth-order valence-electron chi connectivity index (χ4n) is 3.55. The van der Waals surface area contributed by atoms with Crippen LogP contribution in [0.25, 0.3) is 0 Å². The van der Waals surface area contributed by atoms with Crippen molar-refractivity contribution in [2.75, 3.05) is 33.4 Å². The summed E-state index contributed by atoms with van der Waals surface area (Å²) in [7, 11) is 1.71. The molecule has 2 heterocycles. The van der Waals surface area contributed by atoms with E-state index < -0.39 is 0 Å². The minimum absolute atomic E-state index is 0. The van der Waals surface area contributed by atoms with E-state index in [4.69, 9.17) is 26.1 Å². The van der Waals surface area contributed by atoms with Gasteiger partial charge < -0.3 is 20.1 Å². The number of guanidine groups is 1. The molecule has 1 fully saturated rings. The van der Waals surface area contributed by atoms with Gasteiger partial charge >= 0.3 is 0 Å². The Kier molecular flexibility index (Phi) is 10.0. The summed E-state index contributed by atoms with van der Waals surface area (Å²) in [5.41, 5.74) is 1.01. The van der Waals surface area contributed by atoms with Crippen LogP contribution in [-0.2, 0) is 16.7 Å². The Labute approximate surface area is 199 Å². The summed E-state index contributed by atoms with van der Waals surface area (Å²) in [6, 6.07) is 10.0. The van der Waals surface area contributed by atoms with E-state index in [1.54, 1.807) is 18.4 Å². The average Bonchev–Trinajstić information content (AvgIpc) is 3.24. The third kappa shape index (κ3) is 6.47. The Morgan fingerprint density at radius 2 is 2.07 bits per heavy atom. The van der Waals surface area contributed by atoms with Crippen molar-refractivity contribution in [2.24, 2.45) is 4.99 Å². The van der Waals surface area contributed by atoms with Crippen molar-refractivity contribution < 1.29 is 9.47 Å². The lowest BCUT2D eigenvalue weighted by atomic mass is 9.73. The van der Waals surface area contributed by atoms with Gasteiger partial charge in [0.1, 0.15) is 5.75 Å². The van der Waals surface area contributed by atoms with Gasteiger partial charge in [0.25, 0.3) is 0 Å². The molecule has 0 saturated carbocycles. The Balaban J connectivity index is 0.00000300. The molecule has 1 aromatic carbocycles. The number of ether oxygens (including phenoxy) is 2. The maximum Gasteiger partial charge on any atom is 0.191 e. The molecule has 0 bridgehead atoms. The monoisotopic (exact) mass is 549 g/mol. The number of hydrogen-bond donors (Lipinski definition) is 2. The summed E-state index contributed by atoms with van der Waals surface area (Å²) < 4.78 is 11.3. The predicted octanol–water partition coefficient (Wildman–Crippen LogP) is 4.83. The maximum absolute atomic E-state index is 6.33. The fraction of sp³-hybridized carbons (Fsp3) is 0.476. The molecule has 29 heavy (non-hydrogen) atoms. The second kappa shape index (κ2) is 12.0. The van der Waals surface area contributed by atoms with Gasteiger partial charge in [0, 0.05) is 47.2 Å². The van der Waals surface area contributed by atoms with Gasteiger partial charge in [-0.2, -0.15) is 0 Å². The molecule has 0 radical (unpaired) electrons. The Morgan fingerprint density at radius 1 is 1.28 bits per heavy atom. The molecule has 0 atom stereocenters. The quantitative estimate of drug-likeness (QED) is 0.295. The first-order valence-electron chi connectivity index (χ1n) is 9.63. The van der Waals surface area contributed by atoms with Crippen molar-refractivity contribution in [3.63, 3.8) is 0 Å². The third-order valence-electron chi connectivity index (χ3n) is 5.09. The second-order valence-corrected chi connectivity index (χ2v) is 8.33. The summed E-state index contributed by atoms with van der Waals surface area (Å²) in [5, 5.41) is 9.70. The smallest absolute Gasteiger partial charge is 0.191 e. The average molecular weight is 550 g/mol. The van der Waals surface area contributed by atoms with Crippen LogP contribution in [0.2, 0.25) is 5.02 Å². The summed E-state index contributed by atoms with van der Waals surface area (Å²) >= 11 is 8.05. The first-order chi connectivity index (χ1) is 13.7. The third-order valence-corrected chi connectivity index (χ3v) is 6.19. The molecule has 1 aliphatic rings. The topological polar surface area (TPSA) is 54.9 Å². The molecule has 1 saturated heterocycles. The molecule has 8 heteroatoms. The zero-order valence-electron chi connectivity index (χ0n) is 16.9. The predicted molar refractivity (Wildman–Crippen MR) is 132 cm³/mol. The molecule has 160 valence electrons. The van der Waals surface area contributed by atoms with Gasteiger partial charge in [-0.3, -0.25) is 0 Å². The van der Waals surface area contributed by atoms with Gasteiger partial charge in [-0.15, -0.1) is 35.3 Å². The van der Waals surface area contributed by atoms with Crippen LogP contribution in [0.1, 0.15) is 30.2 Å². The van der Waals surface area contributed by atoms with Gasteiger partial charge in [0.15, 0.2) is 5.96 Å². The van der Waals surface area contributed by atoms with Crippen LogP contribution >= 0.6 is 46.9 Å². The molecule has 1 aliphatic heterocycles. The van der Waals surface area contributed by atoms with Crippen LogP contribution in [0.4, 0.5) is 0 Å². The number of hydrogen-bond acceptors (Lipinski definition) is 4. The van der Waals surface area contributed by atoms with Crippen LogP contribution in [0, 0.1) is 0 Å². The van der Waals surface area contributed by atoms with Crippen molar-refractivity contribution in [1.29, 1.82) is 0 Å². The molecule has 0 unspecified atom stereocenters. The van der Waals surface area contributed by atoms with Gasteiger partial charge in [0.2, 0.25) is 0 Å². The molecule has 0 aliphatic carbocycles. The number of halogens is 2. The summed E-state index contributed by atoms with van der Waals surface area (Å²) in [5.74, 6) is 1.69. The lowest BCUT2D eigenvalue weighted by Gasteiger charge is -2.39. The minimum Gasteiger partial charge on any atom is -0.496 e. The molecular weight excluding hydrogens is 521 g/mol. The Hall–Kier alpha value is -1.03. The van der Waals surface area contributed by atoms with E-state index in [1.807, 2.05) is 18.2 Å². The SMILES string of the molecule is CCNC(=NCc1cccs1)NCC1(c2cc(Cl)ccc2OC)CCOCC1.I. The highest BCUT2D eigenvalue weighted by atomic mass is 127. The highest BCUT2D eigenvalue weighted by molar-refractivity contribution is 14.0. The molecule has 3 rings (SSSR count). The molecule has 1 aromatic heterocycles. The van der Waals surface area contributed by atoms with Gasteiger partial charge in [-0.25, -0.2) is 4.99 Å². The van der Waals surface area contributed by atoms with Crippen LogP contribution < -0.4 is 15.4 Å². The van der Waals surface area contributed by atoms with E-state index in [-0.39, 0.29) is 29.4 Å². The number of thiophene rings is 1. The highest BCUT2D eigenvalue weighted by Gasteiger charge is 2.37. The van der Waals surface area contributed by atoms with Crippen molar-refractivity contribution in [2.45, 2.75) is 31.7 Å². The Bertz CT molecular complexity index is 780. The first-order valence-corrected chi connectivity index (χ1v) is 10.9. The number of nitrogens with one attached hydrogen (secondary N) is 2. The summed E-state index contributed by atoms with van der Waals surface area (Å²) in [6.45, 7) is 5.74. The largest absolute Gasteiger partial charge is 0.496 e. The van der Waals surface area contributed by atoms with Crippen LogP contribution in [0.3, 0.4) is 0 Å².